The Morgan fingerprint density at radius 3 is 2.71 bits per heavy atom. The molecule has 0 aliphatic carbocycles. The second-order valence-electron chi connectivity index (χ2n) is 6.41. The number of aliphatic imine (C=N–C) groups is 1. The number of nitrogens with zero attached hydrogens (tertiary/aromatic N) is 2. The van der Waals surface area contributed by atoms with E-state index in [0.29, 0.717) is 19.5 Å². The topological polar surface area (TPSA) is 69.9 Å². The maximum atomic E-state index is 11.8. The molecule has 2 N–H and O–H groups in total. The average molecular weight is 494 g/mol. The first-order valence-corrected chi connectivity index (χ1v) is 9.31. The van der Waals surface area contributed by atoms with E-state index in [0.717, 1.165) is 48.9 Å². The lowest BCUT2D eigenvalue weighted by Crippen LogP contribution is -2.38. The number of benzene rings is 1. The van der Waals surface area contributed by atoms with Gasteiger partial charge < -0.3 is 20.0 Å². The Morgan fingerprint density at radius 1 is 1.25 bits per heavy atom. The summed E-state index contributed by atoms with van der Waals surface area (Å²) in [5, 5.41) is 6.52. The lowest BCUT2D eigenvalue weighted by atomic mass is 10.2. The summed E-state index contributed by atoms with van der Waals surface area (Å²) in [4.78, 5) is 18.3. The fraction of sp³-hybridized carbons (Fsp3) is 0.333. The molecular weight excluding hydrogens is 467 g/mol. The summed E-state index contributed by atoms with van der Waals surface area (Å²) in [6.45, 7) is 6.47. The zero-order chi connectivity index (χ0) is 18.9. The summed E-state index contributed by atoms with van der Waals surface area (Å²) < 4.78 is 5.34. The minimum atomic E-state index is 0. The predicted octanol–water partition coefficient (Wildman–Crippen LogP) is 3.49. The molecule has 1 aliphatic rings. The number of hydrogen-bond donors (Lipinski definition) is 2. The summed E-state index contributed by atoms with van der Waals surface area (Å²) in [5.74, 6) is 1.88. The first-order valence-electron chi connectivity index (χ1n) is 9.31. The highest BCUT2D eigenvalue weighted by molar-refractivity contribution is 14.0. The van der Waals surface area contributed by atoms with Gasteiger partial charge in [-0.25, -0.2) is 4.99 Å². The summed E-state index contributed by atoms with van der Waals surface area (Å²) >= 11 is 0. The summed E-state index contributed by atoms with van der Waals surface area (Å²) in [6.07, 6.45) is 5.85. The Hall–Kier alpha value is -2.29. The van der Waals surface area contributed by atoms with Gasteiger partial charge in [-0.05, 0) is 36.2 Å². The molecule has 0 radical (unpaired) electrons. The molecule has 3 rings (SSSR count). The van der Waals surface area contributed by atoms with Gasteiger partial charge in [0, 0.05) is 38.2 Å². The van der Waals surface area contributed by atoms with Crippen molar-refractivity contribution < 1.29 is 9.21 Å². The predicted molar refractivity (Wildman–Crippen MR) is 123 cm³/mol. The highest BCUT2D eigenvalue weighted by atomic mass is 127. The number of carbonyl (C=O) groups excluding carboxylic acids is 1. The smallest absolute Gasteiger partial charge is 0.227 e. The summed E-state index contributed by atoms with van der Waals surface area (Å²) in [6, 6.07) is 11.9. The van der Waals surface area contributed by atoms with Crippen LogP contribution in [0.3, 0.4) is 0 Å². The molecule has 0 spiro atoms. The molecular formula is C21H27IN4O2. The number of carbonyl (C=O) groups is 1. The molecule has 1 amide bonds. The number of guanidine groups is 1. The van der Waals surface area contributed by atoms with Crippen LogP contribution in [0.25, 0.3) is 0 Å². The van der Waals surface area contributed by atoms with Crippen LogP contribution in [0.1, 0.15) is 24.2 Å². The van der Waals surface area contributed by atoms with Crippen LogP contribution < -0.4 is 15.5 Å². The van der Waals surface area contributed by atoms with Crippen LogP contribution in [0.5, 0.6) is 0 Å². The highest BCUT2D eigenvalue weighted by Crippen LogP contribution is 2.21. The van der Waals surface area contributed by atoms with E-state index in [-0.39, 0.29) is 29.9 Å². The second kappa shape index (κ2) is 11.5. The number of halogens is 1. The van der Waals surface area contributed by atoms with Crippen LogP contribution in [0.15, 0.2) is 64.7 Å². The molecule has 0 atom stereocenters. The molecule has 1 saturated heterocycles. The Labute approximate surface area is 183 Å². The number of rotatable bonds is 8. The minimum absolute atomic E-state index is 0. The van der Waals surface area contributed by atoms with Crippen molar-refractivity contribution in [3.63, 3.8) is 0 Å². The van der Waals surface area contributed by atoms with Crippen molar-refractivity contribution in [3.8, 4) is 0 Å². The van der Waals surface area contributed by atoms with Crippen molar-refractivity contribution in [1.29, 1.82) is 0 Å². The number of anilines is 1. The molecule has 0 saturated carbocycles. The van der Waals surface area contributed by atoms with Crippen LogP contribution in [-0.4, -0.2) is 31.5 Å². The van der Waals surface area contributed by atoms with Gasteiger partial charge in [-0.1, -0.05) is 18.2 Å². The Balaban J connectivity index is 0.00000280. The monoisotopic (exact) mass is 494 g/mol. The first kappa shape index (κ1) is 22.0. The maximum absolute atomic E-state index is 11.8. The molecule has 2 heterocycles. The number of furan rings is 1. The molecule has 0 bridgehead atoms. The molecule has 2 aromatic rings. The van der Waals surface area contributed by atoms with E-state index >= 15 is 0 Å². The van der Waals surface area contributed by atoms with E-state index in [1.165, 1.54) is 0 Å². The van der Waals surface area contributed by atoms with E-state index in [1.807, 2.05) is 41.3 Å². The molecule has 1 fully saturated rings. The number of nitrogens with one attached hydrogen (secondary N) is 2. The van der Waals surface area contributed by atoms with Gasteiger partial charge in [0.2, 0.25) is 5.91 Å². The van der Waals surface area contributed by atoms with Crippen LogP contribution in [0, 0.1) is 0 Å². The van der Waals surface area contributed by atoms with Gasteiger partial charge in [0.15, 0.2) is 5.96 Å². The number of amides is 1. The standard InChI is InChI=1S/C21H26N4O2.HI/c1-2-12-22-21(23-13-11-19-5-4-15-27-19)24-16-17-7-9-18(10-8-17)25-14-3-6-20(25)26;/h2,4-5,7-10,15H,1,3,6,11-14,16H2,(H2,22,23,24);1H. The molecule has 6 nitrogen and oxygen atoms in total. The van der Waals surface area contributed by atoms with Crippen molar-refractivity contribution in [2.75, 3.05) is 24.5 Å². The van der Waals surface area contributed by atoms with Crippen LogP contribution in [-0.2, 0) is 17.8 Å². The molecule has 1 aromatic carbocycles. The lowest BCUT2D eigenvalue weighted by molar-refractivity contribution is -0.117. The molecule has 150 valence electrons. The van der Waals surface area contributed by atoms with Crippen LogP contribution >= 0.6 is 24.0 Å². The van der Waals surface area contributed by atoms with Crippen LogP contribution in [0.2, 0.25) is 0 Å². The van der Waals surface area contributed by atoms with E-state index < -0.39 is 0 Å². The van der Waals surface area contributed by atoms with Gasteiger partial charge in [-0.2, -0.15) is 0 Å². The first-order chi connectivity index (χ1) is 13.3. The zero-order valence-electron chi connectivity index (χ0n) is 15.9. The molecule has 1 aromatic heterocycles. The van der Waals surface area contributed by atoms with E-state index in [2.05, 4.69) is 22.2 Å². The largest absolute Gasteiger partial charge is 0.469 e. The van der Waals surface area contributed by atoms with Gasteiger partial charge in [0.25, 0.3) is 0 Å². The van der Waals surface area contributed by atoms with Gasteiger partial charge in [-0.3, -0.25) is 4.79 Å². The minimum Gasteiger partial charge on any atom is -0.469 e. The molecule has 7 heteroatoms. The third-order valence-electron chi connectivity index (χ3n) is 4.40. The van der Waals surface area contributed by atoms with Crippen molar-refractivity contribution >= 4 is 41.5 Å². The Bertz CT molecular complexity index is 772. The van der Waals surface area contributed by atoms with Crippen molar-refractivity contribution in [2.45, 2.75) is 25.8 Å². The Kier molecular flexibility index (Phi) is 9.06. The quantitative estimate of drug-likeness (QED) is 0.255. The van der Waals surface area contributed by atoms with Gasteiger partial charge in [-0.15, -0.1) is 30.6 Å². The highest BCUT2D eigenvalue weighted by Gasteiger charge is 2.21. The normalized spacial score (nSPS) is 13.9. The SMILES string of the molecule is C=CCNC(=NCc1ccc(N2CCCC2=O)cc1)NCCc1ccco1.I. The third-order valence-corrected chi connectivity index (χ3v) is 4.40. The van der Waals surface area contributed by atoms with Crippen molar-refractivity contribution in [3.05, 3.63) is 66.6 Å². The fourth-order valence-electron chi connectivity index (χ4n) is 2.97. The second-order valence-corrected chi connectivity index (χ2v) is 6.41. The molecule has 28 heavy (non-hydrogen) atoms. The molecule has 0 unspecified atom stereocenters. The van der Waals surface area contributed by atoms with Crippen molar-refractivity contribution in [2.24, 2.45) is 4.99 Å². The lowest BCUT2D eigenvalue weighted by Gasteiger charge is -2.16. The fourth-order valence-corrected chi connectivity index (χ4v) is 2.97. The Morgan fingerprint density at radius 2 is 2.07 bits per heavy atom. The van der Waals surface area contributed by atoms with E-state index in [4.69, 9.17) is 4.42 Å². The average Bonchev–Trinajstić information content (AvgIpc) is 3.35. The molecule has 1 aliphatic heterocycles. The van der Waals surface area contributed by atoms with Crippen LogP contribution in [0.4, 0.5) is 5.69 Å². The number of hydrogen-bond acceptors (Lipinski definition) is 3. The summed E-state index contributed by atoms with van der Waals surface area (Å²) in [5.41, 5.74) is 2.06. The zero-order valence-corrected chi connectivity index (χ0v) is 18.2. The third kappa shape index (κ3) is 6.40. The van der Waals surface area contributed by atoms with E-state index in [9.17, 15) is 4.79 Å². The maximum Gasteiger partial charge on any atom is 0.227 e. The van der Waals surface area contributed by atoms with Gasteiger partial charge in [0.05, 0.1) is 12.8 Å². The summed E-state index contributed by atoms with van der Waals surface area (Å²) in [7, 11) is 0. The van der Waals surface area contributed by atoms with Crippen molar-refractivity contribution in [1.82, 2.24) is 10.6 Å². The van der Waals surface area contributed by atoms with Gasteiger partial charge >= 0.3 is 0 Å². The van der Waals surface area contributed by atoms with Gasteiger partial charge in [0.1, 0.15) is 5.76 Å². The van der Waals surface area contributed by atoms with E-state index in [1.54, 1.807) is 12.3 Å².